The first kappa shape index (κ1) is 15.4. The topological polar surface area (TPSA) is 89.3 Å². The predicted molar refractivity (Wildman–Crippen MR) is 85.5 cm³/mol. The van der Waals surface area contributed by atoms with E-state index in [1.165, 1.54) is 0 Å². The van der Waals surface area contributed by atoms with E-state index in [1.807, 2.05) is 38.4 Å². The quantitative estimate of drug-likeness (QED) is 0.630. The Morgan fingerprint density at radius 2 is 2.32 bits per heavy atom. The number of aromatic nitrogens is 2. The van der Waals surface area contributed by atoms with Crippen LogP contribution in [0.25, 0.3) is 0 Å². The SMILES string of the molecule is COc1cccc(CNc2n[nH]c(/N=C/N(C)C)c2C#N)c1. The van der Waals surface area contributed by atoms with Gasteiger partial charge in [-0.1, -0.05) is 12.1 Å². The average molecular weight is 298 g/mol. The zero-order valence-corrected chi connectivity index (χ0v) is 12.8. The van der Waals surface area contributed by atoms with Crippen molar-refractivity contribution in [2.24, 2.45) is 4.99 Å². The number of hydrogen-bond donors (Lipinski definition) is 2. The highest BCUT2D eigenvalue weighted by atomic mass is 16.5. The van der Waals surface area contributed by atoms with Crippen LogP contribution in [-0.2, 0) is 6.54 Å². The van der Waals surface area contributed by atoms with Gasteiger partial charge in [0.2, 0.25) is 0 Å². The molecular formula is C15H18N6O. The van der Waals surface area contributed by atoms with Crippen LogP contribution in [0.1, 0.15) is 11.1 Å². The molecule has 0 radical (unpaired) electrons. The van der Waals surface area contributed by atoms with Crippen molar-refractivity contribution in [1.82, 2.24) is 15.1 Å². The van der Waals surface area contributed by atoms with Gasteiger partial charge in [-0.3, -0.25) is 5.10 Å². The van der Waals surface area contributed by atoms with Crippen molar-refractivity contribution in [3.05, 3.63) is 35.4 Å². The molecule has 22 heavy (non-hydrogen) atoms. The smallest absolute Gasteiger partial charge is 0.169 e. The summed E-state index contributed by atoms with van der Waals surface area (Å²) in [5, 5.41) is 19.3. The lowest BCUT2D eigenvalue weighted by molar-refractivity contribution is 0.414. The van der Waals surface area contributed by atoms with Gasteiger partial charge in [0.15, 0.2) is 11.6 Å². The van der Waals surface area contributed by atoms with E-state index in [2.05, 4.69) is 26.6 Å². The number of nitriles is 1. The van der Waals surface area contributed by atoms with E-state index in [0.717, 1.165) is 11.3 Å². The highest BCUT2D eigenvalue weighted by Gasteiger charge is 2.11. The predicted octanol–water partition coefficient (Wildman–Crippen LogP) is 2.12. The lowest BCUT2D eigenvalue weighted by Crippen LogP contribution is -2.07. The van der Waals surface area contributed by atoms with Gasteiger partial charge in [-0.2, -0.15) is 10.4 Å². The number of hydrogen-bond acceptors (Lipinski definition) is 5. The second-order valence-electron chi connectivity index (χ2n) is 4.82. The summed E-state index contributed by atoms with van der Waals surface area (Å²) in [5.41, 5.74) is 1.42. The van der Waals surface area contributed by atoms with Crippen molar-refractivity contribution < 1.29 is 4.74 Å². The minimum atomic E-state index is 0.390. The second kappa shape index (κ2) is 7.13. The molecule has 2 aromatic rings. The summed E-state index contributed by atoms with van der Waals surface area (Å²) in [7, 11) is 5.34. The number of anilines is 1. The summed E-state index contributed by atoms with van der Waals surface area (Å²) >= 11 is 0. The summed E-state index contributed by atoms with van der Waals surface area (Å²) in [6.45, 7) is 0.535. The molecule has 0 amide bonds. The van der Waals surface area contributed by atoms with Crippen molar-refractivity contribution >= 4 is 18.0 Å². The molecule has 1 aromatic carbocycles. The van der Waals surface area contributed by atoms with Crippen molar-refractivity contribution in [1.29, 1.82) is 5.26 Å². The normalized spacial score (nSPS) is 10.5. The second-order valence-corrected chi connectivity index (χ2v) is 4.82. The molecule has 0 fully saturated rings. The minimum Gasteiger partial charge on any atom is -0.497 e. The molecule has 1 aromatic heterocycles. The van der Waals surface area contributed by atoms with E-state index in [-0.39, 0.29) is 0 Å². The molecule has 0 aliphatic carbocycles. The maximum Gasteiger partial charge on any atom is 0.169 e. The Bertz CT molecular complexity index is 698. The van der Waals surface area contributed by atoms with Gasteiger partial charge in [0.1, 0.15) is 17.4 Å². The summed E-state index contributed by atoms with van der Waals surface area (Å²) in [4.78, 5) is 5.96. The molecule has 7 heteroatoms. The average Bonchev–Trinajstić information content (AvgIpc) is 2.93. The number of benzene rings is 1. The third-order valence-electron chi connectivity index (χ3n) is 2.87. The molecule has 0 saturated heterocycles. The van der Waals surface area contributed by atoms with Gasteiger partial charge >= 0.3 is 0 Å². The number of nitrogens with one attached hydrogen (secondary N) is 2. The van der Waals surface area contributed by atoms with Crippen LogP contribution in [0.3, 0.4) is 0 Å². The third kappa shape index (κ3) is 3.76. The van der Waals surface area contributed by atoms with Gasteiger partial charge in [-0.25, -0.2) is 4.99 Å². The van der Waals surface area contributed by atoms with Crippen molar-refractivity contribution in [3.63, 3.8) is 0 Å². The van der Waals surface area contributed by atoms with E-state index < -0.39 is 0 Å². The molecule has 1 heterocycles. The van der Waals surface area contributed by atoms with E-state index in [9.17, 15) is 5.26 Å². The van der Waals surface area contributed by atoms with Crippen LogP contribution in [0.2, 0.25) is 0 Å². The van der Waals surface area contributed by atoms with Crippen LogP contribution in [0.5, 0.6) is 5.75 Å². The Morgan fingerprint density at radius 3 is 3.00 bits per heavy atom. The molecule has 0 aliphatic rings. The molecule has 0 saturated carbocycles. The zero-order valence-electron chi connectivity index (χ0n) is 12.8. The van der Waals surface area contributed by atoms with Gasteiger partial charge in [-0.05, 0) is 17.7 Å². The Hall–Kier alpha value is -3.01. The van der Waals surface area contributed by atoms with Crippen LogP contribution in [0, 0.1) is 11.3 Å². The lowest BCUT2D eigenvalue weighted by Gasteiger charge is -2.06. The number of methoxy groups -OCH3 is 1. The highest BCUT2D eigenvalue weighted by molar-refractivity contribution is 5.68. The third-order valence-corrected chi connectivity index (χ3v) is 2.87. The van der Waals surface area contributed by atoms with E-state index in [4.69, 9.17) is 4.74 Å². The van der Waals surface area contributed by atoms with E-state index >= 15 is 0 Å². The van der Waals surface area contributed by atoms with E-state index in [1.54, 1.807) is 18.3 Å². The van der Waals surface area contributed by atoms with Crippen molar-refractivity contribution in [2.45, 2.75) is 6.54 Å². The number of nitrogens with zero attached hydrogens (tertiary/aromatic N) is 4. The molecule has 0 spiro atoms. The number of H-pyrrole nitrogens is 1. The summed E-state index contributed by atoms with van der Waals surface area (Å²) in [5.74, 6) is 1.71. The molecule has 0 bridgehead atoms. The molecule has 0 atom stereocenters. The minimum absolute atomic E-state index is 0.390. The highest BCUT2D eigenvalue weighted by Crippen LogP contribution is 2.23. The van der Waals surface area contributed by atoms with Gasteiger partial charge in [0, 0.05) is 20.6 Å². The van der Waals surface area contributed by atoms with Crippen LogP contribution >= 0.6 is 0 Å². The summed E-state index contributed by atoms with van der Waals surface area (Å²) < 4.78 is 5.18. The fraction of sp³-hybridized carbons (Fsp3) is 0.267. The molecule has 2 rings (SSSR count). The Morgan fingerprint density at radius 1 is 1.50 bits per heavy atom. The number of aromatic amines is 1. The first-order valence-corrected chi connectivity index (χ1v) is 6.70. The molecule has 0 unspecified atom stereocenters. The van der Waals surface area contributed by atoms with Crippen molar-refractivity contribution in [2.75, 3.05) is 26.5 Å². The molecular weight excluding hydrogens is 280 g/mol. The van der Waals surface area contributed by atoms with Crippen molar-refractivity contribution in [3.8, 4) is 11.8 Å². The van der Waals surface area contributed by atoms with Gasteiger partial charge in [0.25, 0.3) is 0 Å². The molecule has 2 N–H and O–H groups in total. The first-order chi connectivity index (χ1) is 10.6. The van der Waals surface area contributed by atoms with E-state index in [0.29, 0.717) is 23.7 Å². The van der Waals surface area contributed by atoms with Gasteiger partial charge in [0.05, 0.1) is 13.4 Å². The maximum atomic E-state index is 9.28. The number of aliphatic imine (C=N–C) groups is 1. The fourth-order valence-corrected chi connectivity index (χ4v) is 1.80. The lowest BCUT2D eigenvalue weighted by atomic mass is 10.2. The summed E-state index contributed by atoms with van der Waals surface area (Å²) in [6, 6.07) is 9.81. The largest absolute Gasteiger partial charge is 0.497 e. The molecule has 114 valence electrons. The Balaban J connectivity index is 2.11. The molecule has 0 aliphatic heterocycles. The monoisotopic (exact) mass is 298 g/mol. The number of rotatable bonds is 6. The molecule has 7 nitrogen and oxygen atoms in total. The standard InChI is InChI=1S/C15H18N6O/c1-21(2)10-18-15-13(8-16)14(19-20-15)17-9-11-5-4-6-12(7-11)22-3/h4-7,10H,9H2,1-3H3,(H2,17,19,20)/b18-10+. The fourth-order valence-electron chi connectivity index (χ4n) is 1.80. The first-order valence-electron chi connectivity index (χ1n) is 6.70. The van der Waals surface area contributed by atoms with Crippen LogP contribution in [0.4, 0.5) is 11.6 Å². The zero-order chi connectivity index (χ0) is 15.9. The van der Waals surface area contributed by atoms with Crippen LogP contribution in [-0.4, -0.2) is 42.6 Å². The van der Waals surface area contributed by atoms with Crippen LogP contribution < -0.4 is 10.1 Å². The Labute approximate surface area is 129 Å². The van der Waals surface area contributed by atoms with Gasteiger partial charge < -0.3 is 15.0 Å². The summed E-state index contributed by atoms with van der Waals surface area (Å²) in [6.07, 6.45) is 1.61. The van der Waals surface area contributed by atoms with Gasteiger partial charge in [-0.15, -0.1) is 0 Å². The number of ether oxygens (including phenoxy) is 1. The Kier molecular flexibility index (Phi) is 4.98. The van der Waals surface area contributed by atoms with Crippen LogP contribution in [0.15, 0.2) is 29.3 Å². The maximum absolute atomic E-state index is 9.28.